The number of hydrogen-bond acceptors (Lipinski definition) is 4. The van der Waals surface area contributed by atoms with Crippen molar-refractivity contribution in [3.63, 3.8) is 0 Å². The molecule has 2 aliphatic heterocycles. The third-order valence-corrected chi connectivity index (χ3v) is 7.87. The highest BCUT2D eigenvalue weighted by Crippen LogP contribution is 2.40. The number of imide groups is 1. The van der Waals surface area contributed by atoms with E-state index in [2.05, 4.69) is 32.0 Å². The largest absolute Gasteiger partial charge is 0.310 e. The molecule has 31 heavy (non-hydrogen) atoms. The fourth-order valence-electron chi connectivity index (χ4n) is 5.47. The topological polar surface area (TPSA) is 57.7 Å². The van der Waals surface area contributed by atoms with Gasteiger partial charge < -0.3 is 4.90 Å². The summed E-state index contributed by atoms with van der Waals surface area (Å²) in [6, 6.07) is 5.69. The first-order chi connectivity index (χ1) is 14.9. The third-order valence-electron chi connectivity index (χ3n) is 7.22. The van der Waals surface area contributed by atoms with E-state index in [0.29, 0.717) is 18.9 Å². The molecule has 168 valence electrons. The van der Waals surface area contributed by atoms with Crippen LogP contribution in [0.15, 0.2) is 18.2 Å². The summed E-state index contributed by atoms with van der Waals surface area (Å²) < 4.78 is 0. The van der Waals surface area contributed by atoms with Gasteiger partial charge in [0.25, 0.3) is 0 Å². The quantitative estimate of drug-likeness (QED) is 0.613. The maximum Gasteiger partial charge on any atom is 0.250 e. The van der Waals surface area contributed by atoms with E-state index in [1.54, 1.807) is 11.8 Å². The Bertz CT molecular complexity index is 844. The highest BCUT2D eigenvalue weighted by Gasteiger charge is 2.52. The summed E-state index contributed by atoms with van der Waals surface area (Å²) in [5, 5.41) is 0. The van der Waals surface area contributed by atoms with Crippen LogP contribution in [0.3, 0.4) is 0 Å². The smallest absolute Gasteiger partial charge is 0.250 e. The molecule has 1 aromatic rings. The first-order valence-corrected chi connectivity index (χ1v) is 13.1. The molecule has 3 amide bonds. The number of hydrogen-bond donors (Lipinski definition) is 0. The summed E-state index contributed by atoms with van der Waals surface area (Å²) in [6.07, 6.45) is 7.93. The Morgan fingerprint density at radius 2 is 1.77 bits per heavy atom. The molecule has 1 saturated heterocycles. The van der Waals surface area contributed by atoms with Gasteiger partial charge in [0, 0.05) is 12.2 Å². The zero-order chi connectivity index (χ0) is 22.1. The van der Waals surface area contributed by atoms with Crippen molar-refractivity contribution in [3.05, 3.63) is 29.3 Å². The number of rotatable bonds is 6. The summed E-state index contributed by atoms with van der Waals surface area (Å²) in [7, 11) is 0. The average molecular weight is 443 g/mol. The number of anilines is 1. The summed E-state index contributed by atoms with van der Waals surface area (Å²) in [6.45, 7) is 5.00. The minimum atomic E-state index is -0.686. The molecule has 2 fully saturated rings. The molecule has 1 aromatic carbocycles. The van der Waals surface area contributed by atoms with Crippen LogP contribution in [0.25, 0.3) is 0 Å². The van der Waals surface area contributed by atoms with Gasteiger partial charge in [0.2, 0.25) is 17.7 Å². The maximum absolute atomic E-state index is 13.8. The van der Waals surface area contributed by atoms with Gasteiger partial charge in [0.05, 0.1) is 11.8 Å². The number of benzene rings is 1. The second-order valence-corrected chi connectivity index (χ2v) is 10.5. The van der Waals surface area contributed by atoms with E-state index in [-0.39, 0.29) is 29.6 Å². The molecular weight excluding hydrogens is 408 g/mol. The van der Waals surface area contributed by atoms with Crippen molar-refractivity contribution in [1.82, 2.24) is 4.90 Å². The van der Waals surface area contributed by atoms with Crippen LogP contribution in [0.5, 0.6) is 0 Å². The Kier molecular flexibility index (Phi) is 6.75. The van der Waals surface area contributed by atoms with E-state index in [4.69, 9.17) is 0 Å². The lowest BCUT2D eigenvalue weighted by Gasteiger charge is -2.35. The van der Waals surface area contributed by atoms with Crippen molar-refractivity contribution < 1.29 is 14.4 Å². The molecular formula is C25H34N2O3S. The molecule has 0 spiro atoms. The number of fused-ring (bicyclic) bond motifs is 2. The van der Waals surface area contributed by atoms with Crippen LogP contribution >= 0.6 is 11.8 Å². The molecule has 5 nitrogen and oxygen atoms in total. The predicted octanol–water partition coefficient (Wildman–Crippen LogP) is 4.39. The molecule has 0 radical (unpaired) electrons. The standard InChI is InChI=1S/C25H34N2O3S/c1-16(2)17-10-11-21-18(15-17)7-6-13-26(21)25(30)22(12-14-31-3)27-23(28)19-8-4-5-9-20(19)24(27)29/h10-11,15-16,19-20,22H,4-9,12-14H2,1-3H3. The van der Waals surface area contributed by atoms with Crippen molar-refractivity contribution in [1.29, 1.82) is 0 Å². The lowest BCUT2D eigenvalue weighted by Crippen LogP contribution is -2.53. The van der Waals surface area contributed by atoms with Gasteiger partial charge in [-0.1, -0.05) is 38.8 Å². The van der Waals surface area contributed by atoms with Crippen LogP contribution in [0, 0.1) is 11.8 Å². The van der Waals surface area contributed by atoms with Gasteiger partial charge in [-0.05, 0) is 67.2 Å². The summed E-state index contributed by atoms with van der Waals surface area (Å²) in [5.41, 5.74) is 3.43. The molecule has 1 saturated carbocycles. The van der Waals surface area contributed by atoms with E-state index in [0.717, 1.165) is 50.0 Å². The Balaban J connectivity index is 1.64. The molecule has 3 aliphatic rings. The van der Waals surface area contributed by atoms with Crippen LogP contribution in [0.2, 0.25) is 0 Å². The van der Waals surface area contributed by atoms with Crippen LogP contribution in [0.4, 0.5) is 5.69 Å². The summed E-state index contributed by atoms with van der Waals surface area (Å²) >= 11 is 1.65. The van der Waals surface area contributed by atoms with Gasteiger partial charge in [-0.2, -0.15) is 11.8 Å². The molecule has 0 N–H and O–H groups in total. The molecule has 3 atom stereocenters. The Labute approximate surface area is 189 Å². The number of aryl methyl sites for hydroxylation is 1. The van der Waals surface area contributed by atoms with E-state index >= 15 is 0 Å². The fraction of sp³-hybridized carbons (Fsp3) is 0.640. The second-order valence-electron chi connectivity index (χ2n) is 9.48. The maximum atomic E-state index is 13.8. The van der Waals surface area contributed by atoms with Gasteiger partial charge in [-0.25, -0.2) is 0 Å². The molecule has 1 aliphatic carbocycles. The monoisotopic (exact) mass is 442 g/mol. The van der Waals surface area contributed by atoms with Crippen LogP contribution in [-0.2, 0) is 20.8 Å². The summed E-state index contributed by atoms with van der Waals surface area (Å²) in [5.74, 6) is 0.446. The van der Waals surface area contributed by atoms with Crippen LogP contribution < -0.4 is 4.90 Å². The van der Waals surface area contributed by atoms with Gasteiger partial charge in [-0.3, -0.25) is 19.3 Å². The number of carbonyl (C=O) groups is 3. The van der Waals surface area contributed by atoms with E-state index < -0.39 is 6.04 Å². The molecule has 6 heteroatoms. The Morgan fingerprint density at radius 1 is 1.10 bits per heavy atom. The number of nitrogens with zero attached hydrogens (tertiary/aromatic N) is 2. The van der Waals surface area contributed by atoms with Crippen molar-refractivity contribution >= 4 is 35.2 Å². The molecule has 2 heterocycles. The first kappa shape index (κ1) is 22.4. The molecule has 4 rings (SSSR count). The minimum absolute atomic E-state index is 0.0901. The predicted molar refractivity (Wildman–Crippen MR) is 125 cm³/mol. The molecule has 0 aromatic heterocycles. The Hall–Kier alpha value is -1.82. The second kappa shape index (κ2) is 9.35. The van der Waals surface area contributed by atoms with E-state index in [9.17, 15) is 14.4 Å². The van der Waals surface area contributed by atoms with Crippen molar-refractivity contribution in [2.45, 2.75) is 70.8 Å². The van der Waals surface area contributed by atoms with Crippen LogP contribution in [0.1, 0.15) is 69.4 Å². The average Bonchev–Trinajstić information content (AvgIpc) is 3.03. The SMILES string of the molecule is CSCCC(C(=O)N1CCCc2cc(C(C)C)ccc21)N1C(=O)C2CCCCC2C1=O. The van der Waals surface area contributed by atoms with Gasteiger partial charge in [-0.15, -0.1) is 0 Å². The minimum Gasteiger partial charge on any atom is -0.310 e. The van der Waals surface area contributed by atoms with Crippen molar-refractivity contribution in [2.75, 3.05) is 23.5 Å². The van der Waals surface area contributed by atoms with Crippen molar-refractivity contribution in [2.24, 2.45) is 11.8 Å². The third kappa shape index (κ3) is 4.15. The lowest BCUT2D eigenvalue weighted by atomic mass is 9.81. The van der Waals surface area contributed by atoms with Gasteiger partial charge in [0.15, 0.2) is 0 Å². The zero-order valence-electron chi connectivity index (χ0n) is 18.9. The zero-order valence-corrected chi connectivity index (χ0v) is 19.7. The van der Waals surface area contributed by atoms with E-state index in [1.807, 2.05) is 11.2 Å². The first-order valence-electron chi connectivity index (χ1n) is 11.7. The number of thioether (sulfide) groups is 1. The molecule has 0 bridgehead atoms. The number of carbonyl (C=O) groups excluding carboxylic acids is 3. The van der Waals surface area contributed by atoms with Gasteiger partial charge >= 0.3 is 0 Å². The van der Waals surface area contributed by atoms with Gasteiger partial charge in [0.1, 0.15) is 6.04 Å². The lowest BCUT2D eigenvalue weighted by molar-refractivity contribution is -0.147. The number of likely N-dealkylation sites (tertiary alicyclic amines) is 1. The van der Waals surface area contributed by atoms with E-state index in [1.165, 1.54) is 16.0 Å². The summed E-state index contributed by atoms with van der Waals surface area (Å²) in [4.78, 5) is 43.5. The highest BCUT2D eigenvalue weighted by atomic mass is 32.2. The number of amides is 3. The normalized spacial score (nSPS) is 24.4. The van der Waals surface area contributed by atoms with Crippen LogP contribution in [-0.4, -0.2) is 47.2 Å². The fourth-order valence-corrected chi connectivity index (χ4v) is 5.93. The van der Waals surface area contributed by atoms with Crippen molar-refractivity contribution in [3.8, 4) is 0 Å². The highest BCUT2D eigenvalue weighted by molar-refractivity contribution is 7.98. The Morgan fingerprint density at radius 3 is 2.39 bits per heavy atom. The molecule has 3 unspecified atom stereocenters.